The first-order chi connectivity index (χ1) is 13.6. The molecule has 1 amide bonds. The van der Waals surface area contributed by atoms with E-state index in [1.807, 2.05) is 49.0 Å². The van der Waals surface area contributed by atoms with Gasteiger partial charge in [-0.15, -0.1) is 0 Å². The monoisotopic (exact) mass is 376 g/mol. The van der Waals surface area contributed by atoms with E-state index >= 15 is 0 Å². The van der Waals surface area contributed by atoms with Crippen molar-refractivity contribution in [3.05, 3.63) is 41.7 Å². The molecular weight excluding hydrogens is 352 g/mol. The molecule has 2 N–H and O–H groups in total. The molecule has 1 aliphatic carbocycles. The number of aromatic nitrogens is 4. The Morgan fingerprint density at radius 2 is 1.96 bits per heavy atom. The van der Waals surface area contributed by atoms with Crippen molar-refractivity contribution in [2.24, 2.45) is 0 Å². The van der Waals surface area contributed by atoms with Gasteiger partial charge in [0.05, 0.1) is 17.1 Å². The van der Waals surface area contributed by atoms with E-state index in [1.165, 1.54) is 12.8 Å². The quantitative estimate of drug-likeness (QED) is 0.722. The van der Waals surface area contributed by atoms with Crippen molar-refractivity contribution in [3.8, 4) is 0 Å². The summed E-state index contributed by atoms with van der Waals surface area (Å²) in [5, 5.41) is 11.9. The summed E-state index contributed by atoms with van der Waals surface area (Å²) < 4.78 is 2.04. The van der Waals surface area contributed by atoms with Crippen LogP contribution in [-0.2, 0) is 4.79 Å². The summed E-state index contributed by atoms with van der Waals surface area (Å²) in [5.41, 5.74) is 3.18. The molecule has 144 valence electrons. The molecule has 2 aromatic heterocycles. The minimum atomic E-state index is -0.448. The van der Waals surface area contributed by atoms with Gasteiger partial charge in [0.2, 0.25) is 11.9 Å². The van der Waals surface area contributed by atoms with Gasteiger partial charge in [0.15, 0.2) is 5.65 Å². The third kappa shape index (κ3) is 2.82. The van der Waals surface area contributed by atoms with E-state index in [2.05, 4.69) is 15.6 Å². The van der Waals surface area contributed by atoms with E-state index in [4.69, 9.17) is 10.1 Å². The summed E-state index contributed by atoms with van der Waals surface area (Å²) in [7, 11) is 0. The maximum atomic E-state index is 12.9. The Morgan fingerprint density at radius 1 is 1.18 bits per heavy atom. The zero-order chi connectivity index (χ0) is 19.3. The standard InChI is InChI=1S/C21H24N6O/c1-12(2)22-21-24-18(17-14-9-5-6-10-16(14)23-20(17)28)15-11-27(26-19(15)25-21)13-7-3-4-8-13/h5-6,9-13,17H,3-4,7-8H2,1-2H3,(H,23,28)(H,22,25,26). The molecule has 7 heteroatoms. The summed E-state index contributed by atoms with van der Waals surface area (Å²) in [5.74, 6) is 0.0207. The molecule has 0 radical (unpaired) electrons. The molecule has 1 fully saturated rings. The lowest BCUT2D eigenvalue weighted by atomic mass is 9.95. The van der Waals surface area contributed by atoms with E-state index in [9.17, 15) is 4.79 Å². The molecule has 7 nitrogen and oxygen atoms in total. The van der Waals surface area contributed by atoms with Crippen LogP contribution >= 0.6 is 0 Å². The van der Waals surface area contributed by atoms with Gasteiger partial charge in [0.25, 0.3) is 0 Å². The highest BCUT2D eigenvalue weighted by Crippen LogP contribution is 2.39. The number of amides is 1. The number of hydrogen-bond acceptors (Lipinski definition) is 5. The SMILES string of the molecule is CC(C)Nc1nc(C2C(=O)Nc3ccccc32)c2cn(C3CCCC3)nc2n1. The lowest BCUT2D eigenvalue weighted by Gasteiger charge is -2.13. The van der Waals surface area contributed by atoms with Crippen LogP contribution in [0.25, 0.3) is 11.0 Å². The summed E-state index contributed by atoms with van der Waals surface area (Å²) in [6.07, 6.45) is 6.78. The Bertz CT molecular complexity index is 1050. The predicted octanol–water partition coefficient (Wildman–Crippen LogP) is 3.85. The molecule has 28 heavy (non-hydrogen) atoms. The van der Waals surface area contributed by atoms with Crippen molar-refractivity contribution in [2.75, 3.05) is 10.6 Å². The average Bonchev–Trinajstić information content (AvgIpc) is 3.38. The lowest BCUT2D eigenvalue weighted by Crippen LogP contribution is -2.18. The van der Waals surface area contributed by atoms with Crippen molar-refractivity contribution >= 4 is 28.6 Å². The number of carbonyl (C=O) groups is 1. The third-order valence-electron chi connectivity index (χ3n) is 5.61. The number of anilines is 2. The van der Waals surface area contributed by atoms with Crippen LogP contribution in [-0.4, -0.2) is 31.7 Å². The Balaban J connectivity index is 1.68. The number of nitrogens with zero attached hydrogens (tertiary/aromatic N) is 4. The lowest BCUT2D eigenvalue weighted by molar-refractivity contribution is -0.116. The fourth-order valence-corrected chi connectivity index (χ4v) is 4.32. The van der Waals surface area contributed by atoms with Crippen LogP contribution in [0.15, 0.2) is 30.5 Å². The van der Waals surface area contributed by atoms with E-state index in [1.54, 1.807) is 0 Å². The number of benzene rings is 1. The van der Waals surface area contributed by atoms with Crippen LogP contribution in [0.4, 0.5) is 11.6 Å². The van der Waals surface area contributed by atoms with Gasteiger partial charge in [-0.1, -0.05) is 31.0 Å². The van der Waals surface area contributed by atoms with Gasteiger partial charge in [0, 0.05) is 17.9 Å². The molecule has 1 atom stereocenters. The second-order valence-electron chi connectivity index (χ2n) is 8.03. The second-order valence-corrected chi connectivity index (χ2v) is 8.03. The van der Waals surface area contributed by atoms with Gasteiger partial charge in [-0.3, -0.25) is 9.48 Å². The second kappa shape index (κ2) is 6.58. The van der Waals surface area contributed by atoms with Crippen molar-refractivity contribution < 1.29 is 4.79 Å². The number of nitrogens with one attached hydrogen (secondary N) is 2. The minimum absolute atomic E-state index is 0.0506. The predicted molar refractivity (Wildman–Crippen MR) is 109 cm³/mol. The highest BCUT2D eigenvalue weighted by atomic mass is 16.2. The molecule has 3 aromatic rings. The first-order valence-electron chi connectivity index (χ1n) is 10.0. The molecule has 0 saturated heterocycles. The Kier molecular flexibility index (Phi) is 4.03. The minimum Gasteiger partial charge on any atom is -0.352 e. The van der Waals surface area contributed by atoms with Crippen LogP contribution < -0.4 is 10.6 Å². The maximum absolute atomic E-state index is 12.9. The van der Waals surface area contributed by atoms with E-state index in [0.29, 0.717) is 17.6 Å². The number of para-hydroxylation sites is 1. The molecule has 1 saturated carbocycles. The number of carbonyl (C=O) groups excluding carboxylic acids is 1. The van der Waals surface area contributed by atoms with Crippen LogP contribution in [0.3, 0.4) is 0 Å². The molecular formula is C21H24N6O. The van der Waals surface area contributed by atoms with Crippen molar-refractivity contribution in [1.82, 2.24) is 19.7 Å². The first-order valence-corrected chi connectivity index (χ1v) is 10.0. The van der Waals surface area contributed by atoms with Gasteiger partial charge in [-0.25, -0.2) is 4.98 Å². The molecule has 1 aliphatic heterocycles. The summed E-state index contributed by atoms with van der Waals surface area (Å²) in [6, 6.07) is 8.41. The Labute approximate surface area is 163 Å². The number of rotatable bonds is 4. The van der Waals surface area contributed by atoms with E-state index in [-0.39, 0.29) is 11.9 Å². The normalized spacial score (nSPS) is 19.4. The van der Waals surface area contributed by atoms with E-state index < -0.39 is 5.92 Å². The van der Waals surface area contributed by atoms with Gasteiger partial charge >= 0.3 is 0 Å². The molecule has 3 heterocycles. The van der Waals surface area contributed by atoms with Crippen molar-refractivity contribution in [1.29, 1.82) is 0 Å². The summed E-state index contributed by atoms with van der Waals surface area (Å²) in [6.45, 7) is 4.09. The Morgan fingerprint density at radius 3 is 2.75 bits per heavy atom. The first kappa shape index (κ1) is 17.2. The maximum Gasteiger partial charge on any atom is 0.238 e. The largest absolute Gasteiger partial charge is 0.352 e. The number of fused-ring (bicyclic) bond motifs is 2. The summed E-state index contributed by atoms with van der Waals surface area (Å²) >= 11 is 0. The highest BCUT2D eigenvalue weighted by molar-refractivity contribution is 6.06. The number of hydrogen-bond donors (Lipinski definition) is 2. The Hall–Kier alpha value is -2.96. The zero-order valence-corrected chi connectivity index (χ0v) is 16.1. The van der Waals surface area contributed by atoms with Gasteiger partial charge in [-0.05, 0) is 38.3 Å². The topological polar surface area (TPSA) is 84.7 Å². The van der Waals surface area contributed by atoms with Crippen molar-refractivity contribution in [2.45, 2.75) is 57.5 Å². The van der Waals surface area contributed by atoms with Crippen LogP contribution in [0.1, 0.15) is 62.7 Å². The third-order valence-corrected chi connectivity index (χ3v) is 5.61. The summed E-state index contributed by atoms with van der Waals surface area (Å²) in [4.78, 5) is 22.3. The van der Waals surface area contributed by atoms with Gasteiger partial charge in [-0.2, -0.15) is 10.1 Å². The molecule has 1 unspecified atom stereocenters. The van der Waals surface area contributed by atoms with Crippen LogP contribution in [0, 0.1) is 0 Å². The highest BCUT2D eigenvalue weighted by Gasteiger charge is 2.35. The molecule has 1 aromatic carbocycles. The fourth-order valence-electron chi connectivity index (χ4n) is 4.32. The van der Waals surface area contributed by atoms with Crippen molar-refractivity contribution in [3.63, 3.8) is 0 Å². The van der Waals surface area contributed by atoms with Crippen LogP contribution in [0.2, 0.25) is 0 Å². The molecule has 0 bridgehead atoms. The average molecular weight is 376 g/mol. The van der Waals surface area contributed by atoms with Gasteiger partial charge in [0.1, 0.15) is 5.92 Å². The fraction of sp³-hybridized carbons (Fsp3) is 0.429. The molecule has 0 spiro atoms. The zero-order valence-electron chi connectivity index (χ0n) is 16.1. The molecule has 5 rings (SSSR count). The smallest absolute Gasteiger partial charge is 0.238 e. The van der Waals surface area contributed by atoms with Crippen LogP contribution in [0.5, 0.6) is 0 Å². The van der Waals surface area contributed by atoms with E-state index in [0.717, 1.165) is 35.2 Å². The van der Waals surface area contributed by atoms with Gasteiger partial charge < -0.3 is 10.6 Å². The molecule has 2 aliphatic rings.